The smallest absolute Gasteiger partial charge is 0.343 e. The predicted octanol–water partition coefficient (Wildman–Crippen LogP) is -0.0622. The lowest BCUT2D eigenvalue weighted by atomic mass is 10.1. The van der Waals surface area contributed by atoms with Crippen molar-refractivity contribution < 1.29 is 4.79 Å². The third kappa shape index (κ3) is 3.21. The minimum absolute atomic E-state index is 0.183. The Balaban J connectivity index is 1.96. The van der Waals surface area contributed by atoms with E-state index >= 15 is 0 Å². The maximum Gasteiger partial charge on any atom is 0.343 e. The predicted molar refractivity (Wildman–Crippen MR) is 77.2 cm³/mol. The van der Waals surface area contributed by atoms with E-state index in [0.29, 0.717) is 24.5 Å². The molecule has 8 heteroatoms. The standard InChI is InChI=1S/C13H20N6O2/c1-8(2)9-7-10(19(4)17-9)12(20)14-6-5-11-15-16-13(21)18(11)3/h7-8H,5-6H2,1-4H3,(H,14,20)(H,16,21). The number of nitrogens with one attached hydrogen (secondary N) is 2. The SMILES string of the molecule is CC(C)c1cc(C(=O)NCCc2n[nH]c(=O)n2C)n(C)n1. The molecule has 2 rings (SSSR count). The molecular weight excluding hydrogens is 272 g/mol. The largest absolute Gasteiger partial charge is 0.350 e. The van der Waals surface area contributed by atoms with Gasteiger partial charge in [-0.1, -0.05) is 13.8 Å². The summed E-state index contributed by atoms with van der Waals surface area (Å²) in [4.78, 5) is 23.3. The first-order chi connectivity index (χ1) is 9.90. The molecule has 21 heavy (non-hydrogen) atoms. The third-order valence-electron chi connectivity index (χ3n) is 3.33. The van der Waals surface area contributed by atoms with Crippen molar-refractivity contribution in [3.63, 3.8) is 0 Å². The molecule has 0 aliphatic rings. The van der Waals surface area contributed by atoms with Gasteiger partial charge in [0, 0.05) is 27.1 Å². The molecule has 0 aliphatic heterocycles. The number of hydrogen-bond acceptors (Lipinski definition) is 4. The van der Waals surface area contributed by atoms with Gasteiger partial charge < -0.3 is 5.32 Å². The summed E-state index contributed by atoms with van der Waals surface area (Å²) in [5.74, 6) is 0.696. The van der Waals surface area contributed by atoms with Crippen molar-refractivity contribution in [2.75, 3.05) is 6.54 Å². The second-order valence-electron chi connectivity index (χ2n) is 5.24. The zero-order valence-electron chi connectivity index (χ0n) is 12.7. The van der Waals surface area contributed by atoms with E-state index in [0.717, 1.165) is 5.69 Å². The number of aryl methyl sites for hydroxylation is 1. The van der Waals surface area contributed by atoms with Crippen LogP contribution >= 0.6 is 0 Å². The molecule has 0 atom stereocenters. The van der Waals surface area contributed by atoms with E-state index in [1.165, 1.54) is 4.57 Å². The van der Waals surface area contributed by atoms with Crippen LogP contribution in [0, 0.1) is 0 Å². The van der Waals surface area contributed by atoms with Crippen molar-refractivity contribution in [3.05, 3.63) is 33.8 Å². The van der Waals surface area contributed by atoms with Gasteiger partial charge in [0.25, 0.3) is 5.91 Å². The van der Waals surface area contributed by atoms with Gasteiger partial charge in [-0.3, -0.25) is 14.0 Å². The number of carbonyl (C=O) groups excluding carboxylic acids is 1. The molecule has 8 nitrogen and oxygen atoms in total. The molecule has 0 saturated carbocycles. The average molecular weight is 292 g/mol. The molecule has 1 amide bonds. The van der Waals surface area contributed by atoms with Crippen LogP contribution in [-0.2, 0) is 20.5 Å². The first kappa shape index (κ1) is 15.0. The number of aromatic amines is 1. The molecule has 2 aromatic heterocycles. The van der Waals surface area contributed by atoms with Gasteiger partial charge in [0.05, 0.1) is 5.69 Å². The quantitative estimate of drug-likeness (QED) is 0.806. The fraction of sp³-hybridized carbons (Fsp3) is 0.538. The Bertz CT molecular complexity index is 694. The van der Waals surface area contributed by atoms with E-state index in [9.17, 15) is 9.59 Å². The summed E-state index contributed by atoms with van der Waals surface area (Å²) in [5, 5.41) is 13.4. The Kier molecular flexibility index (Phi) is 4.25. The average Bonchev–Trinajstić information content (AvgIpc) is 2.96. The summed E-state index contributed by atoms with van der Waals surface area (Å²) in [6, 6.07) is 1.80. The van der Waals surface area contributed by atoms with Crippen molar-refractivity contribution in [3.8, 4) is 0 Å². The van der Waals surface area contributed by atoms with E-state index in [1.54, 1.807) is 24.8 Å². The van der Waals surface area contributed by atoms with Gasteiger partial charge in [0.15, 0.2) is 0 Å². The van der Waals surface area contributed by atoms with Crippen molar-refractivity contribution in [2.45, 2.75) is 26.2 Å². The fourth-order valence-corrected chi connectivity index (χ4v) is 1.97. The second-order valence-corrected chi connectivity index (χ2v) is 5.24. The number of amides is 1. The minimum atomic E-state index is -0.260. The molecule has 0 spiro atoms. The van der Waals surface area contributed by atoms with Crippen LogP contribution in [0.5, 0.6) is 0 Å². The topological polar surface area (TPSA) is 97.6 Å². The van der Waals surface area contributed by atoms with Crippen LogP contribution in [0.15, 0.2) is 10.9 Å². The summed E-state index contributed by atoms with van der Waals surface area (Å²) in [7, 11) is 3.39. The molecule has 0 unspecified atom stereocenters. The number of nitrogens with zero attached hydrogens (tertiary/aromatic N) is 4. The van der Waals surface area contributed by atoms with Gasteiger partial charge in [0.1, 0.15) is 11.5 Å². The van der Waals surface area contributed by atoms with Crippen LogP contribution in [0.2, 0.25) is 0 Å². The van der Waals surface area contributed by atoms with E-state index < -0.39 is 0 Å². The second kappa shape index (κ2) is 5.94. The highest BCUT2D eigenvalue weighted by molar-refractivity contribution is 5.92. The molecule has 0 aromatic carbocycles. The monoisotopic (exact) mass is 292 g/mol. The Labute approximate surface area is 122 Å². The van der Waals surface area contributed by atoms with Gasteiger partial charge in [-0.25, -0.2) is 9.89 Å². The molecule has 0 fully saturated rings. The van der Waals surface area contributed by atoms with E-state index in [1.807, 2.05) is 13.8 Å². The zero-order valence-corrected chi connectivity index (χ0v) is 12.7. The lowest BCUT2D eigenvalue weighted by Gasteiger charge is -2.04. The zero-order chi connectivity index (χ0) is 15.6. The highest BCUT2D eigenvalue weighted by atomic mass is 16.2. The van der Waals surface area contributed by atoms with Crippen molar-refractivity contribution in [1.82, 2.24) is 29.9 Å². The summed E-state index contributed by atoms with van der Waals surface area (Å²) in [6.07, 6.45) is 0.482. The maximum absolute atomic E-state index is 12.1. The molecule has 0 saturated heterocycles. The van der Waals surface area contributed by atoms with E-state index in [-0.39, 0.29) is 17.5 Å². The van der Waals surface area contributed by atoms with E-state index in [2.05, 4.69) is 20.6 Å². The van der Waals surface area contributed by atoms with Crippen molar-refractivity contribution in [2.24, 2.45) is 14.1 Å². The number of rotatable bonds is 5. The van der Waals surface area contributed by atoms with Gasteiger partial charge in [-0.2, -0.15) is 10.2 Å². The molecule has 0 radical (unpaired) electrons. The number of carbonyl (C=O) groups is 1. The molecule has 2 aromatic rings. The highest BCUT2D eigenvalue weighted by Gasteiger charge is 2.14. The number of hydrogen-bond donors (Lipinski definition) is 2. The van der Waals surface area contributed by atoms with E-state index in [4.69, 9.17) is 0 Å². The lowest BCUT2D eigenvalue weighted by molar-refractivity contribution is 0.0944. The Morgan fingerprint density at radius 1 is 1.43 bits per heavy atom. The summed E-state index contributed by atoms with van der Waals surface area (Å²) in [5.41, 5.74) is 1.15. The Morgan fingerprint density at radius 3 is 2.67 bits per heavy atom. The minimum Gasteiger partial charge on any atom is -0.350 e. The van der Waals surface area contributed by atoms with Crippen LogP contribution in [0.1, 0.15) is 41.8 Å². The normalized spacial score (nSPS) is 11.1. The first-order valence-electron chi connectivity index (χ1n) is 6.82. The maximum atomic E-state index is 12.1. The molecule has 2 N–H and O–H groups in total. The van der Waals surface area contributed by atoms with Gasteiger partial charge in [-0.05, 0) is 12.0 Å². The highest BCUT2D eigenvalue weighted by Crippen LogP contribution is 2.13. The van der Waals surface area contributed by atoms with Crippen LogP contribution in [0.25, 0.3) is 0 Å². The Morgan fingerprint density at radius 2 is 2.14 bits per heavy atom. The summed E-state index contributed by atoms with van der Waals surface area (Å²) < 4.78 is 3.00. The molecule has 0 aliphatic carbocycles. The number of aromatic nitrogens is 5. The molecule has 0 bridgehead atoms. The Hall–Kier alpha value is -2.38. The lowest BCUT2D eigenvalue weighted by Crippen LogP contribution is -2.28. The third-order valence-corrected chi connectivity index (χ3v) is 3.33. The van der Waals surface area contributed by atoms with Crippen molar-refractivity contribution >= 4 is 5.91 Å². The first-order valence-corrected chi connectivity index (χ1v) is 6.82. The number of H-pyrrole nitrogens is 1. The van der Waals surface area contributed by atoms with Crippen molar-refractivity contribution in [1.29, 1.82) is 0 Å². The van der Waals surface area contributed by atoms with Crippen LogP contribution < -0.4 is 11.0 Å². The van der Waals surface area contributed by atoms with Gasteiger partial charge in [0.2, 0.25) is 0 Å². The molecular formula is C13H20N6O2. The van der Waals surface area contributed by atoms with Crippen LogP contribution in [0.4, 0.5) is 0 Å². The summed E-state index contributed by atoms with van der Waals surface area (Å²) in [6.45, 7) is 4.46. The van der Waals surface area contributed by atoms with Crippen LogP contribution in [-0.4, -0.2) is 37.0 Å². The summed E-state index contributed by atoms with van der Waals surface area (Å²) >= 11 is 0. The van der Waals surface area contributed by atoms with Gasteiger partial charge >= 0.3 is 5.69 Å². The van der Waals surface area contributed by atoms with Gasteiger partial charge in [-0.15, -0.1) is 0 Å². The molecule has 114 valence electrons. The molecule has 2 heterocycles. The fourth-order valence-electron chi connectivity index (χ4n) is 1.97. The van der Waals surface area contributed by atoms with Crippen LogP contribution in [0.3, 0.4) is 0 Å².